The SMILES string of the molecule is CN(C)S(=O)(=O)N1CCN(C(=O)C2CCC(c3ccccc3)N(S(=O)(=O)c3ccccc3)C2)CC1. The zero-order valence-corrected chi connectivity index (χ0v) is 21.7. The molecule has 0 aliphatic carbocycles. The topological polar surface area (TPSA) is 98.3 Å². The molecule has 35 heavy (non-hydrogen) atoms. The summed E-state index contributed by atoms with van der Waals surface area (Å²) in [4.78, 5) is 15.3. The highest BCUT2D eigenvalue weighted by Gasteiger charge is 2.42. The van der Waals surface area contributed by atoms with E-state index >= 15 is 0 Å². The fourth-order valence-electron chi connectivity index (χ4n) is 4.77. The summed E-state index contributed by atoms with van der Waals surface area (Å²) in [5.74, 6) is -0.600. The first-order valence-corrected chi connectivity index (χ1v) is 14.5. The molecule has 0 saturated carbocycles. The van der Waals surface area contributed by atoms with Gasteiger partial charge >= 0.3 is 0 Å². The van der Waals surface area contributed by atoms with Gasteiger partial charge in [0.05, 0.1) is 16.9 Å². The highest BCUT2D eigenvalue weighted by Crippen LogP contribution is 2.38. The Hall–Kier alpha value is -2.31. The largest absolute Gasteiger partial charge is 0.340 e. The third-order valence-corrected chi connectivity index (χ3v) is 10.6. The van der Waals surface area contributed by atoms with Crippen LogP contribution in [0.5, 0.6) is 0 Å². The summed E-state index contributed by atoms with van der Waals surface area (Å²) in [5.41, 5.74) is 0.903. The van der Waals surface area contributed by atoms with Crippen LogP contribution in [0.1, 0.15) is 24.4 Å². The number of amides is 1. The van der Waals surface area contributed by atoms with Crippen molar-refractivity contribution in [3.63, 3.8) is 0 Å². The van der Waals surface area contributed by atoms with Gasteiger partial charge in [0.25, 0.3) is 10.2 Å². The van der Waals surface area contributed by atoms with E-state index < -0.39 is 26.2 Å². The van der Waals surface area contributed by atoms with Crippen LogP contribution in [0.2, 0.25) is 0 Å². The van der Waals surface area contributed by atoms with Gasteiger partial charge in [-0.05, 0) is 30.5 Å². The summed E-state index contributed by atoms with van der Waals surface area (Å²) in [7, 11) is -4.38. The Morgan fingerprint density at radius 2 is 1.40 bits per heavy atom. The smallest absolute Gasteiger partial charge is 0.281 e. The van der Waals surface area contributed by atoms with E-state index in [0.717, 1.165) is 5.56 Å². The molecule has 2 fully saturated rings. The number of piperazine rings is 1. The third kappa shape index (κ3) is 5.29. The Bertz CT molecular complexity index is 1230. The summed E-state index contributed by atoms with van der Waals surface area (Å²) in [6, 6.07) is 17.5. The van der Waals surface area contributed by atoms with Crippen molar-refractivity contribution in [1.29, 1.82) is 0 Å². The molecule has 4 rings (SSSR count). The van der Waals surface area contributed by atoms with Crippen molar-refractivity contribution in [3.05, 3.63) is 66.2 Å². The average molecular weight is 521 g/mol. The van der Waals surface area contributed by atoms with E-state index in [1.165, 1.54) is 27.0 Å². The number of nitrogens with zero attached hydrogens (tertiary/aromatic N) is 4. The molecular weight excluding hydrogens is 488 g/mol. The highest BCUT2D eigenvalue weighted by molar-refractivity contribution is 7.89. The van der Waals surface area contributed by atoms with Gasteiger partial charge in [-0.25, -0.2) is 8.42 Å². The van der Waals surface area contributed by atoms with Crippen LogP contribution in [0.15, 0.2) is 65.6 Å². The van der Waals surface area contributed by atoms with E-state index in [9.17, 15) is 21.6 Å². The molecule has 2 unspecified atom stereocenters. The number of carbonyl (C=O) groups excluding carboxylic acids is 1. The molecule has 0 aromatic heterocycles. The van der Waals surface area contributed by atoms with Crippen molar-refractivity contribution in [2.75, 3.05) is 46.8 Å². The summed E-state index contributed by atoms with van der Waals surface area (Å²) >= 11 is 0. The molecule has 2 aliphatic heterocycles. The second-order valence-electron chi connectivity index (χ2n) is 9.10. The number of piperidine rings is 1. The first-order chi connectivity index (χ1) is 16.6. The maximum absolute atomic E-state index is 13.7. The van der Waals surface area contributed by atoms with Crippen LogP contribution in [0, 0.1) is 5.92 Å². The molecule has 0 bridgehead atoms. The minimum atomic E-state index is -3.82. The molecule has 0 N–H and O–H groups in total. The van der Waals surface area contributed by atoms with Gasteiger partial charge in [-0.1, -0.05) is 48.5 Å². The van der Waals surface area contributed by atoms with Gasteiger partial charge in [-0.15, -0.1) is 0 Å². The van der Waals surface area contributed by atoms with Gasteiger partial charge in [0.15, 0.2) is 0 Å². The zero-order valence-electron chi connectivity index (χ0n) is 20.0. The minimum Gasteiger partial charge on any atom is -0.340 e. The Balaban J connectivity index is 1.54. The molecule has 2 aliphatic rings. The minimum absolute atomic E-state index is 0.0891. The molecule has 11 heteroatoms. The number of rotatable bonds is 6. The number of hydrogen-bond donors (Lipinski definition) is 0. The van der Waals surface area contributed by atoms with E-state index in [1.807, 2.05) is 30.3 Å². The summed E-state index contributed by atoms with van der Waals surface area (Å²) < 4.78 is 56.1. The van der Waals surface area contributed by atoms with Crippen LogP contribution in [-0.2, 0) is 25.0 Å². The predicted molar refractivity (Wildman–Crippen MR) is 133 cm³/mol. The lowest BCUT2D eigenvalue weighted by Gasteiger charge is -2.41. The summed E-state index contributed by atoms with van der Waals surface area (Å²) in [6.45, 7) is 1.10. The Kier molecular flexibility index (Phi) is 7.62. The molecule has 9 nitrogen and oxygen atoms in total. The van der Waals surface area contributed by atoms with Crippen LogP contribution in [0.4, 0.5) is 0 Å². The fourth-order valence-corrected chi connectivity index (χ4v) is 7.57. The van der Waals surface area contributed by atoms with E-state index in [4.69, 9.17) is 0 Å². The van der Waals surface area contributed by atoms with Gasteiger partial charge in [0.1, 0.15) is 0 Å². The maximum atomic E-state index is 13.7. The zero-order chi connectivity index (χ0) is 25.2. The first-order valence-electron chi connectivity index (χ1n) is 11.7. The van der Waals surface area contributed by atoms with Gasteiger partial charge in [-0.2, -0.15) is 21.3 Å². The molecule has 2 aromatic rings. The Morgan fingerprint density at radius 3 is 1.97 bits per heavy atom. The lowest BCUT2D eigenvalue weighted by atomic mass is 9.90. The summed E-state index contributed by atoms with van der Waals surface area (Å²) in [5, 5.41) is 0. The molecule has 1 amide bonds. The predicted octanol–water partition coefficient (Wildman–Crippen LogP) is 1.78. The van der Waals surface area contributed by atoms with E-state index in [1.54, 1.807) is 35.2 Å². The standard InChI is InChI=1S/C24H32N4O5S2/c1-25(2)35(32,33)27-17-15-26(16-18-27)24(29)21-13-14-23(20-9-5-3-6-10-20)28(19-21)34(30,31)22-11-7-4-8-12-22/h3-12,21,23H,13-19H2,1-2H3. The number of carbonyl (C=O) groups is 1. The first kappa shape index (κ1) is 25.8. The molecular formula is C24H32N4O5S2. The fraction of sp³-hybridized carbons (Fsp3) is 0.458. The van der Waals surface area contributed by atoms with Gasteiger partial charge in [0, 0.05) is 46.8 Å². The molecule has 2 aromatic carbocycles. The van der Waals surface area contributed by atoms with Crippen LogP contribution < -0.4 is 0 Å². The molecule has 190 valence electrons. The number of benzene rings is 2. The lowest BCUT2D eigenvalue weighted by Crippen LogP contribution is -2.55. The van der Waals surface area contributed by atoms with Crippen LogP contribution >= 0.6 is 0 Å². The van der Waals surface area contributed by atoms with Crippen molar-refractivity contribution < 1.29 is 21.6 Å². The molecule has 2 atom stereocenters. The van der Waals surface area contributed by atoms with Crippen LogP contribution in [0.3, 0.4) is 0 Å². The van der Waals surface area contributed by atoms with E-state index in [2.05, 4.69) is 0 Å². The molecule has 0 spiro atoms. The van der Waals surface area contributed by atoms with Crippen molar-refractivity contribution in [2.24, 2.45) is 5.92 Å². The lowest BCUT2D eigenvalue weighted by molar-refractivity contribution is -0.138. The van der Waals surface area contributed by atoms with Crippen molar-refractivity contribution in [1.82, 2.24) is 17.8 Å². The summed E-state index contributed by atoms with van der Waals surface area (Å²) in [6.07, 6.45) is 1.09. The second kappa shape index (κ2) is 10.4. The van der Waals surface area contributed by atoms with Crippen LogP contribution in [0.25, 0.3) is 0 Å². The average Bonchev–Trinajstić information content (AvgIpc) is 2.89. The van der Waals surface area contributed by atoms with Gasteiger partial charge in [0.2, 0.25) is 15.9 Å². The van der Waals surface area contributed by atoms with Gasteiger partial charge in [-0.3, -0.25) is 4.79 Å². The van der Waals surface area contributed by atoms with E-state index in [-0.39, 0.29) is 49.6 Å². The van der Waals surface area contributed by atoms with Crippen LogP contribution in [-0.4, -0.2) is 87.4 Å². The van der Waals surface area contributed by atoms with Crippen molar-refractivity contribution in [2.45, 2.75) is 23.8 Å². The monoisotopic (exact) mass is 520 g/mol. The van der Waals surface area contributed by atoms with Crippen molar-refractivity contribution in [3.8, 4) is 0 Å². The number of hydrogen-bond acceptors (Lipinski definition) is 5. The number of sulfonamides is 1. The van der Waals surface area contributed by atoms with E-state index in [0.29, 0.717) is 12.8 Å². The van der Waals surface area contributed by atoms with Gasteiger partial charge < -0.3 is 4.90 Å². The highest BCUT2D eigenvalue weighted by atomic mass is 32.2. The second-order valence-corrected chi connectivity index (χ2v) is 13.1. The third-order valence-electron chi connectivity index (χ3n) is 6.76. The molecule has 2 heterocycles. The Morgan fingerprint density at radius 1 is 0.829 bits per heavy atom. The normalized spacial score (nSPS) is 22.9. The molecule has 2 saturated heterocycles. The van der Waals surface area contributed by atoms with Crippen molar-refractivity contribution >= 4 is 26.1 Å². The maximum Gasteiger partial charge on any atom is 0.281 e. The Labute approximate surface area is 208 Å². The molecule has 0 radical (unpaired) electrons. The quantitative estimate of drug-likeness (QED) is 0.578.